The summed E-state index contributed by atoms with van der Waals surface area (Å²) in [6.45, 7) is 8.99. The Morgan fingerprint density at radius 3 is 1.03 bits per heavy atom. The van der Waals surface area contributed by atoms with Crippen molar-refractivity contribution in [2.75, 3.05) is 0 Å². The van der Waals surface area contributed by atoms with Crippen LogP contribution in [0.15, 0.2) is 194 Å². The molecule has 0 unspecified atom stereocenters. The first-order valence-electron chi connectivity index (χ1n) is 23.2. The number of para-hydroxylation sites is 5. The molecule has 0 aliphatic carbocycles. The highest BCUT2D eigenvalue weighted by Crippen LogP contribution is 2.49. The highest BCUT2D eigenvalue weighted by Gasteiger charge is 2.68. The Hall–Kier alpha value is -8.36. The molecule has 328 valence electrons. The molecule has 6 heterocycles. The minimum Gasteiger partial charge on any atom is -0.340 e. The average Bonchev–Trinajstić information content (AvgIpc) is 3.39. The molecule has 14 rings (SSSR count). The number of benzene rings is 8. The van der Waals surface area contributed by atoms with Gasteiger partial charge in [0.25, 0.3) is 0 Å². The fourth-order valence-corrected chi connectivity index (χ4v) is 10.4. The molecule has 9 bridgehead atoms. The summed E-state index contributed by atoms with van der Waals surface area (Å²) in [6.07, 6.45) is 8.54. The van der Waals surface area contributed by atoms with Crippen LogP contribution in [0, 0.1) is 0 Å². The lowest BCUT2D eigenvalue weighted by Gasteiger charge is -2.34. The molecule has 0 N–H and O–H groups in total. The Labute approximate surface area is 395 Å². The van der Waals surface area contributed by atoms with Crippen molar-refractivity contribution in [2.24, 2.45) is 0 Å². The Balaban J connectivity index is 0.000000134. The highest BCUT2D eigenvalue weighted by molar-refractivity contribution is 5.86. The number of fused-ring (bicyclic) bond motifs is 3. The van der Waals surface area contributed by atoms with Gasteiger partial charge in [-0.05, 0) is 59.2 Å². The van der Waals surface area contributed by atoms with E-state index < -0.39 is 12.1 Å². The molecule has 0 fully saturated rings. The van der Waals surface area contributed by atoms with Crippen molar-refractivity contribution < 1.29 is 37.2 Å². The van der Waals surface area contributed by atoms with Crippen molar-refractivity contribution in [3.63, 3.8) is 0 Å². The first-order chi connectivity index (χ1) is 33.1. The summed E-state index contributed by atoms with van der Waals surface area (Å²) < 4.78 is 36.2. The van der Waals surface area contributed by atoms with E-state index in [1.165, 1.54) is 16.7 Å². The largest absolute Gasteiger partial charge is 0.714 e. The van der Waals surface area contributed by atoms with Gasteiger partial charge in [0.1, 0.15) is 0 Å². The first-order valence-corrected chi connectivity index (χ1v) is 23.2. The van der Waals surface area contributed by atoms with Crippen molar-refractivity contribution in [1.29, 1.82) is 0 Å². The second-order valence-electron chi connectivity index (χ2n) is 19.1. The van der Waals surface area contributed by atoms with Crippen molar-refractivity contribution in [3.8, 4) is 23.0 Å². The molecular formula is C60H48N4O4+4. The van der Waals surface area contributed by atoms with Crippen molar-refractivity contribution in [3.05, 3.63) is 239 Å². The van der Waals surface area contributed by atoms with E-state index in [1.54, 1.807) is 0 Å². The molecule has 0 radical (unpaired) electrons. The highest BCUT2D eigenvalue weighted by atomic mass is 16.8. The van der Waals surface area contributed by atoms with Gasteiger partial charge in [0.15, 0.2) is 47.9 Å². The fourth-order valence-electron chi connectivity index (χ4n) is 10.4. The Kier molecular flexibility index (Phi) is 8.56. The fraction of sp³-hybridized carbons (Fsp3) is 0.133. The van der Waals surface area contributed by atoms with Crippen molar-refractivity contribution >= 4 is 47.6 Å². The molecule has 8 heteroatoms. The molecule has 0 amide bonds. The van der Waals surface area contributed by atoms with Crippen LogP contribution in [0.4, 0.5) is 22.7 Å². The summed E-state index contributed by atoms with van der Waals surface area (Å²) in [6, 6.07) is 64.4. The Morgan fingerprint density at radius 2 is 0.647 bits per heavy atom. The molecular weight excluding hydrogens is 841 g/mol. The predicted molar refractivity (Wildman–Crippen MR) is 264 cm³/mol. The van der Waals surface area contributed by atoms with Gasteiger partial charge in [-0.1, -0.05) is 149 Å². The maximum Gasteiger partial charge on any atom is 0.714 e. The lowest BCUT2D eigenvalue weighted by Crippen LogP contribution is -2.62. The van der Waals surface area contributed by atoms with Crippen molar-refractivity contribution in [2.45, 2.75) is 50.6 Å². The molecule has 1 atom stereocenters. The quantitative estimate of drug-likeness (QED) is 0.165. The summed E-state index contributed by atoms with van der Waals surface area (Å²) in [5, 5.41) is 0. The summed E-state index contributed by atoms with van der Waals surface area (Å²) in [4.78, 5) is 0. The van der Waals surface area contributed by atoms with Crippen LogP contribution in [0.2, 0.25) is 0 Å². The van der Waals surface area contributed by atoms with Crippen LogP contribution < -0.4 is 18.9 Å². The topological polar surface area (TPSA) is 49.0 Å². The van der Waals surface area contributed by atoms with Gasteiger partial charge >= 0.3 is 12.1 Å². The Morgan fingerprint density at radius 1 is 0.309 bits per heavy atom. The summed E-state index contributed by atoms with van der Waals surface area (Å²) in [5.74, 6) is 3.27. The molecule has 68 heavy (non-hydrogen) atoms. The van der Waals surface area contributed by atoms with E-state index in [0.29, 0.717) is 0 Å². The summed E-state index contributed by atoms with van der Waals surface area (Å²) in [5.41, 5.74) is 12.3. The average molecular weight is 889 g/mol. The summed E-state index contributed by atoms with van der Waals surface area (Å²) >= 11 is 0. The molecule has 0 saturated carbocycles. The maximum atomic E-state index is 7.06. The van der Waals surface area contributed by atoms with Crippen LogP contribution in [-0.2, 0) is 10.8 Å². The second kappa shape index (κ2) is 14.6. The molecule has 8 aromatic carbocycles. The molecule has 6 aliphatic heterocycles. The van der Waals surface area contributed by atoms with Gasteiger partial charge in [-0.15, -0.1) is 0 Å². The predicted octanol–water partition coefficient (Wildman–Crippen LogP) is 11.9. The third kappa shape index (κ3) is 5.93. The second-order valence-corrected chi connectivity index (χ2v) is 19.1. The third-order valence-corrected chi connectivity index (χ3v) is 14.3. The zero-order valence-electron chi connectivity index (χ0n) is 38.2. The molecule has 6 aliphatic rings. The van der Waals surface area contributed by atoms with E-state index in [9.17, 15) is 0 Å². The number of nitrogens with zero attached hydrogens (tertiary/aromatic N) is 4. The smallest absolute Gasteiger partial charge is 0.340 e. The van der Waals surface area contributed by atoms with E-state index >= 15 is 0 Å². The van der Waals surface area contributed by atoms with Gasteiger partial charge in [-0.2, -0.15) is 0 Å². The van der Waals surface area contributed by atoms with Crippen LogP contribution in [-0.4, -0.2) is 55.2 Å². The standard InChI is InChI=1S/2C30H24N2O2/c1-29(2)23-17-16-21-19-31(24-11-5-3-6-12-24)30(33-27(21)18-23)32(25-13-7-4-8-14-25)20-22-10-9-15-26(29)28(22)34-30;1-29(2)23-15-13-21-19-31(25-9-5-3-6-10-25)30(33-27(21)17-23)32(26-11-7-4-8-12-26)20-22-14-16-24(29)18-28(22)34-30/h2*3-20H,1-2H3/q2*+2/t30-;/m0./s1. The molecule has 0 saturated heterocycles. The number of ether oxygens (including phenoxy) is 4. The number of hydrogen-bond donors (Lipinski definition) is 0. The van der Waals surface area contributed by atoms with Crippen LogP contribution in [0.25, 0.3) is 0 Å². The number of rotatable bonds is 4. The van der Waals surface area contributed by atoms with E-state index in [4.69, 9.17) is 18.9 Å². The van der Waals surface area contributed by atoms with Gasteiger partial charge < -0.3 is 18.9 Å². The third-order valence-electron chi connectivity index (χ3n) is 14.3. The van der Waals surface area contributed by atoms with Gasteiger partial charge in [0, 0.05) is 64.9 Å². The van der Waals surface area contributed by atoms with E-state index in [2.05, 4.69) is 192 Å². The van der Waals surface area contributed by atoms with Gasteiger partial charge in [0.2, 0.25) is 22.7 Å². The van der Waals surface area contributed by atoms with Gasteiger partial charge in [-0.25, -0.2) is 0 Å². The lowest BCUT2D eigenvalue weighted by molar-refractivity contribution is -0.856. The van der Waals surface area contributed by atoms with E-state index in [0.717, 1.165) is 73.6 Å². The minimum absolute atomic E-state index is 0.191. The van der Waals surface area contributed by atoms with Crippen LogP contribution in [0.3, 0.4) is 0 Å². The Bertz CT molecular complexity index is 3330. The summed E-state index contributed by atoms with van der Waals surface area (Å²) in [7, 11) is 0. The minimum atomic E-state index is -1.27. The van der Waals surface area contributed by atoms with Crippen molar-refractivity contribution in [1.82, 2.24) is 0 Å². The molecule has 0 aromatic heterocycles. The van der Waals surface area contributed by atoms with Gasteiger partial charge in [0.05, 0.1) is 22.3 Å². The first kappa shape index (κ1) is 40.0. The van der Waals surface area contributed by atoms with E-state index in [1.807, 2.05) is 72.8 Å². The van der Waals surface area contributed by atoms with Gasteiger partial charge in [-0.3, -0.25) is 0 Å². The van der Waals surface area contributed by atoms with Crippen LogP contribution in [0.5, 0.6) is 23.0 Å². The van der Waals surface area contributed by atoms with E-state index in [-0.39, 0.29) is 10.8 Å². The zero-order valence-corrected chi connectivity index (χ0v) is 38.2. The monoisotopic (exact) mass is 888 g/mol. The molecule has 2 spiro atoms. The maximum absolute atomic E-state index is 7.06. The lowest BCUT2D eigenvalue weighted by atomic mass is 9.76. The van der Waals surface area contributed by atoms with Crippen LogP contribution >= 0.6 is 0 Å². The molecule has 8 nitrogen and oxygen atoms in total. The molecule has 8 aromatic rings. The number of hydrogen-bond acceptors (Lipinski definition) is 4. The normalized spacial score (nSPS) is 19.2. The SMILES string of the molecule is CC1(C)c2ccc3c(c2)OC2(Oc4cc1ccc4C=[N+]2c1ccccc1)[N+](c1ccccc1)=C3.CC1(C)c2ccc3c(c2)O[C@]2(Oc4c(cccc41)C=[N+]2c1ccccc1)[N+](c1ccccc1)=C3. The van der Waals surface area contributed by atoms with Crippen LogP contribution in [0.1, 0.15) is 72.2 Å². The zero-order chi connectivity index (χ0) is 45.8.